The topological polar surface area (TPSA) is 101 Å². The van der Waals surface area contributed by atoms with E-state index in [9.17, 15) is 13.2 Å². The van der Waals surface area contributed by atoms with Crippen molar-refractivity contribution < 1.29 is 22.1 Å². The van der Waals surface area contributed by atoms with Crippen LogP contribution in [0.4, 0.5) is 9.18 Å². The lowest BCUT2D eigenvalue weighted by atomic mass is 9.88. The first-order valence-electron chi connectivity index (χ1n) is 9.93. The van der Waals surface area contributed by atoms with E-state index in [4.69, 9.17) is 27.7 Å². The molecule has 1 aromatic heterocycles. The fourth-order valence-corrected chi connectivity index (χ4v) is 4.71. The molecule has 0 saturated heterocycles. The first-order valence-corrected chi connectivity index (χ1v) is 12.2. The predicted molar refractivity (Wildman–Crippen MR) is 123 cm³/mol. The summed E-state index contributed by atoms with van der Waals surface area (Å²) in [5.41, 5.74) is 2.12. The second kappa shape index (κ2) is 9.54. The van der Waals surface area contributed by atoms with Crippen LogP contribution in [0.15, 0.2) is 63.8 Å². The van der Waals surface area contributed by atoms with Crippen LogP contribution in [-0.2, 0) is 16.4 Å². The Hall–Kier alpha value is -2.88. The zero-order chi connectivity index (χ0) is 23.6. The molecule has 172 valence electrons. The highest BCUT2D eigenvalue weighted by atomic mass is 35.5. The second-order valence-electron chi connectivity index (χ2n) is 7.32. The number of urea groups is 1. The Morgan fingerprint density at radius 2 is 1.67 bits per heavy atom. The summed E-state index contributed by atoms with van der Waals surface area (Å²) in [6.45, 7) is -0.498. The van der Waals surface area contributed by atoms with Crippen LogP contribution in [0, 0.1) is 0 Å². The van der Waals surface area contributed by atoms with Gasteiger partial charge in [0, 0.05) is 22.0 Å². The summed E-state index contributed by atoms with van der Waals surface area (Å²) in [5, 5.41) is 7.27. The average Bonchev–Trinajstić information content (AvgIpc) is 3.22. The predicted octanol–water partition coefficient (Wildman–Crippen LogP) is 5.35. The highest BCUT2D eigenvalue weighted by molar-refractivity contribution is 7.90. The molecule has 4 rings (SSSR count). The van der Waals surface area contributed by atoms with E-state index in [0.717, 1.165) is 5.56 Å². The molecule has 0 saturated carbocycles. The lowest BCUT2D eigenvalue weighted by Crippen LogP contribution is -2.40. The Labute approximate surface area is 199 Å². The number of allylic oxidation sites excluding steroid dienone is 1. The molecule has 1 heterocycles. The largest absolute Gasteiger partial charge is 0.360 e. The maximum absolute atomic E-state index is 15.1. The first-order chi connectivity index (χ1) is 15.7. The van der Waals surface area contributed by atoms with Crippen molar-refractivity contribution in [3.63, 3.8) is 0 Å². The fraction of sp³-hybridized carbons (Fsp3) is 0.182. The lowest BCUT2D eigenvalue weighted by molar-refractivity contribution is 0.246. The SMILES string of the molecule is O=C(NCC(F)=C1CCCc2onc(-c3ccc(Cl)cc3)c21)NS(=O)(=O)c1ccc(Cl)cc1. The molecular weight excluding hydrogens is 492 g/mol. The Balaban J connectivity index is 1.51. The van der Waals surface area contributed by atoms with Crippen molar-refractivity contribution in [2.45, 2.75) is 24.2 Å². The molecular formula is C22H18Cl2FN3O4S. The third kappa shape index (κ3) is 5.21. The number of carbonyl (C=O) groups excluding carboxylic acids is 1. The van der Waals surface area contributed by atoms with E-state index in [-0.39, 0.29) is 4.90 Å². The highest BCUT2D eigenvalue weighted by Crippen LogP contribution is 2.40. The molecule has 0 unspecified atom stereocenters. The van der Waals surface area contributed by atoms with Gasteiger partial charge in [0.1, 0.15) is 17.3 Å². The molecule has 2 amide bonds. The third-order valence-corrected chi connectivity index (χ3v) is 6.95. The Bertz CT molecular complexity index is 1320. The molecule has 0 radical (unpaired) electrons. The van der Waals surface area contributed by atoms with Crippen molar-refractivity contribution in [2.75, 3.05) is 6.54 Å². The number of aryl methyl sites for hydroxylation is 1. The molecule has 33 heavy (non-hydrogen) atoms. The van der Waals surface area contributed by atoms with Gasteiger partial charge < -0.3 is 9.84 Å². The van der Waals surface area contributed by atoms with Crippen LogP contribution < -0.4 is 10.0 Å². The number of benzene rings is 2. The summed E-state index contributed by atoms with van der Waals surface area (Å²) >= 11 is 11.7. The van der Waals surface area contributed by atoms with Gasteiger partial charge in [-0.1, -0.05) is 40.5 Å². The lowest BCUT2D eigenvalue weighted by Gasteiger charge is -2.16. The van der Waals surface area contributed by atoms with E-state index in [1.54, 1.807) is 24.3 Å². The number of amides is 2. The summed E-state index contributed by atoms with van der Waals surface area (Å²) in [7, 11) is -4.13. The normalized spacial score (nSPS) is 15.0. The molecule has 11 heteroatoms. The van der Waals surface area contributed by atoms with Crippen LogP contribution in [-0.4, -0.2) is 26.2 Å². The van der Waals surface area contributed by atoms with Crippen molar-refractivity contribution >= 4 is 44.8 Å². The van der Waals surface area contributed by atoms with Crippen LogP contribution in [0.1, 0.15) is 24.2 Å². The molecule has 0 spiro atoms. The molecule has 0 aliphatic heterocycles. The maximum Gasteiger partial charge on any atom is 0.329 e. The minimum absolute atomic E-state index is 0.144. The smallest absolute Gasteiger partial charge is 0.329 e. The van der Waals surface area contributed by atoms with E-state index in [1.165, 1.54) is 24.3 Å². The maximum atomic E-state index is 15.1. The monoisotopic (exact) mass is 509 g/mol. The number of fused-ring (bicyclic) bond motifs is 1. The van der Waals surface area contributed by atoms with E-state index < -0.39 is 28.4 Å². The highest BCUT2D eigenvalue weighted by Gasteiger charge is 2.27. The summed E-state index contributed by atoms with van der Waals surface area (Å²) < 4.78 is 47.0. The molecule has 1 aliphatic rings. The number of hydrogen-bond donors (Lipinski definition) is 2. The Kier molecular flexibility index (Phi) is 6.73. The standard InChI is InChI=1S/C22H18Cl2FN3O4S/c23-14-6-4-13(5-7-14)21-20-17(2-1-3-19(20)32-27-21)18(25)12-26-22(29)28-33(30,31)16-10-8-15(24)9-11-16/h4-11H,1-3,12H2,(H2,26,28,29). The summed E-state index contributed by atoms with van der Waals surface area (Å²) in [6.07, 6.45) is 1.69. The summed E-state index contributed by atoms with van der Waals surface area (Å²) in [6, 6.07) is 11.2. The first kappa shape index (κ1) is 23.3. The van der Waals surface area contributed by atoms with Crippen LogP contribution in [0.25, 0.3) is 16.8 Å². The van der Waals surface area contributed by atoms with Crippen molar-refractivity contribution in [1.29, 1.82) is 0 Å². The van der Waals surface area contributed by atoms with Gasteiger partial charge in [0.25, 0.3) is 10.0 Å². The number of aromatic nitrogens is 1. The zero-order valence-electron chi connectivity index (χ0n) is 17.1. The number of rotatable bonds is 5. The van der Waals surface area contributed by atoms with Crippen LogP contribution in [0.2, 0.25) is 10.0 Å². The van der Waals surface area contributed by atoms with Gasteiger partial charge in [-0.05, 0) is 54.8 Å². The fourth-order valence-electron chi connectivity index (χ4n) is 3.53. The molecule has 3 aromatic rings. The van der Waals surface area contributed by atoms with Gasteiger partial charge in [0.2, 0.25) is 0 Å². The van der Waals surface area contributed by atoms with E-state index in [0.29, 0.717) is 51.9 Å². The van der Waals surface area contributed by atoms with E-state index in [2.05, 4.69) is 10.5 Å². The molecule has 1 aliphatic carbocycles. The van der Waals surface area contributed by atoms with Gasteiger partial charge >= 0.3 is 6.03 Å². The molecule has 2 N–H and O–H groups in total. The number of halogens is 3. The van der Waals surface area contributed by atoms with Crippen molar-refractivity contribution in [2.24, 2.45) is 0 Å². The van der Waals surface area contributed by atoms with E-state index >= 15 is 4.39 Å². The van der Waals surface area contributed by atoms with Gasteiger partial charge in [-0.2, -0.15) is 0 Å². The number of sulfonamides is 1. The zero-order valence-corrected chi connectivity index (χ0v) is 19.4. The van der Waals surface area contributed by atoms with Gasteiger partial charge in [-0.25, -0.2) is 22.3 Å². The molecule has 7 nitrogen and oxygen atoms in total. The van der Waals surface area contributed by atoms with Crippen LogP contribution in [0.3, 0.4) is 0 Å². The Morgan fingerprint density at radius 3 is 2.33 bits per heavy atom. The quantitative estimate of drug-likeness (QED) is 0.482. The van der Waals surface area contributed by atoms with Gasteiger partial charge in [-0.15, -0.1) is 0 Å². The minimum Gasteiger partial charge on any atom is -0.360 e. The van der Waals surface area contributed by atoms with Crippen molar-refractivity contribution in [3.05, 3.63) is 75.7 Å². The second-order valence-corrected chi connectivity index (χ2v) is 9.87. The third-order valence-electron chi connectivity index (χ3n) is 5.10. The van der Waals surface area contributed by atoms with Gasteiger partial charge in [-0.3, -0.25) is 0 Å². The van der Waals surface area contributed by atoms with Gasteiger partial charge in [0.05, 0.1) is 17.0 Å². The number of nitrogens with zero attached hydrogens (tertiary/aromatic N) is 1. The minimum atomic E-state index is -4.13. The molecule has 0 atom stereocenters. The van der Waals surface area contributed by atoms with Gasteiger partial charge in [0.15, 0.2) is 0 Å². The molecule has 0 fully saturated rings. The van der Waals surface area contributed by atoms with Crippen LogP contribution >= 0.6 is 23.2 Å². The van der Waals surface area contributed by atoms with E-state index in [1.807, 2.05) is 4.72 Å². The number of hydrogen-bond acceptors (Lipinski definition) is 5. The Morgan fingerprint density at radius 1 is 1.03 bits per heavy atom. The van der Waals surface area contributed by atoms with Crippen molar-refractivity contribution in [1.82, 2.24) is 15.2 Å². The number of carbonyl (C=O) groups is 1. The average molecular weight is 510 g/mol. The number of nitrogens with one attached hydrogen (secondary N) is 2. The summed E-state index contributed by atoms with van der Waals surface area (Å²) in [4.78, 5) is 12.0. The van der Waals surface area contributed by atoms with Crippen molar-refractivity contribution in [3.8, 4) is 11.3 Å². The van der Waals surface area contributed by atoms with Crippen LogP contribution in [0.5, 0.6) is 0 Å². The summed E-state index contributed by atoms with van der Waals surface area (Å²) in [5.74, 6) is -0.0421. The molecule has 2 aromatic carbocycles. The molecule has 0 bridgehead atoms.